The highest BCUT2D eigenvalue weighted by atomic mass is 16.4. The Morgan fingerprint density at radius 1 is 1.38 bits per heavy atom. The van der Waals surface area contributed by atoms with Crippen molar-refractivity contribution < 1.29 is 9.90 Å². The molecule has 3 rings (SSSR count). The molecule has 0 saturated heterocycles. The van der Waals surface area contributed by atoms with Crippen LogP contribution in [-0.4, -0.2) is 31.3 Å². The van der Waals surface area contributed by atoms with Crippen LogP contribution < -0.4 is 0 Å². The maximum absolute atomic E-state index is 10.9. The van der Waals surface area contributed by atoms with Crippen LogP contribution in [0.4, 0.5) is 0 Å². The molecule has 0 bridgehead atoms. The molecule has 0 radical (unpaired) electrons. The monoisotopic (exact) mass is 286 g/mol. The summed E-state index contributed by atoms with van der Waals surface area (Å²) >= 11 is 0. The number of nitrogens with zero attached hydrogens (tertiary/aromatic N) is 4. The molecule has 1 aromatic carbocycles. The second-order valence-corrected chi connectivity index (χ2v) is 5.66. The van der Waals surface area contributed by atoms with Crippen molar-refractivity contribution in [2.45, 2.75) is 38.6 Å². The highest BCUT2D eigenvalue weighted by molar-refractivity contribution is 5.69. The number of aliphatic carboxylic acids is 1. The predicted molar refractivity (Wildman–Crippen MR) is 75.8 cm³/mol. The Morgan fingerprint density at radius 2 is 2.05 bits per heavy atom. The van der Waals surface area contributed by atoms with Gasteiger partial charge in [-0.25, -0.2) is 4.68 Å². The lowest BCUT2D eigenvalue weighted by Crippen LogP contribution is -2.16. The summed E-state index contributed by atoms with van der Waals surface area (Å²) in [6.07, 6.45) is 2.43. The van der Waals surface area contributed by atoms with Gasteiger partial charge < -0.3 is 5.11 Å². The van der Waals surface area contributed by atoms with Crippen molar-refractivity contribution >= 4 is 5.97 Å². The van der Waals surface area contributed by atoms with E-state index >= 15 is 0 Å². The van der Waals surface area contributed by atoms with Crippen LogP contribution in [-0.2, 0) is 24.2 Å². The van der Waals surface area contributed by atoms with Gasteiger partial charge in [0.05, 0.1) is 5.92 Å². The first kappa shape index (κ1) is 13.7. The van der Waals surface area contributed by atoms with Gasteiger partial charge in [0, 0.05) is 12.5 Å². The number of carboxylic acids is 1. The number of hydrogen-bond acceptors (Lipinski definition) is 4. The lowest BCUT2D eigenvalue weighted by molar-refractivity contribution is -0.141. The standard InChI is InChI=1S/C15H18N4O2/c1-10(15(20)21)6-7-19-14(16-17-18-19)13-8-11-4-2-3-5-12(11)9-13/h2-5,10,13H,6-9H2,1H3,(H,20,21). The third-order valence-corrected chi connectivity index (χ3v) is 4.17. The average molecular weight is 286 g/mol. The van der Waals surface area contributed by atoms with Gasteiger partial charge in [-0.3, -0.25) is 4.79 Å². The summed E-state index contributed by atoms with van der Waals surface area (Å²) in [4.78, 5) is 10.9. The molecule has 110 valence electrons. The second kappa shape index (κ2) is 5.63. The van der Waals surface area contributed by atoms with Crippen molar-refractivity contribution in [3.05, 3.63) is 41.2 Å². The smallest absolute Gasteiger partial charge is 0.306 e. The zero-order valence-electron chi connectivity index (χ0n) is 11.9. The Bertz CT molecular complexity index is 628. The van der Waals surface area contributed by atoms with Crippen LogP contribution in [0.15, 0.2) is 24.3 Å². The molecule has 1 aromatic heterocycles. The number of aromatic nitrogens is 4. The molecular weight excluding hydrogens is 268 g/mol. The van der Waals surface area contributed by atoms with E-state index in [4.69, 9.17) is 5.11 Å². The van der Waals surface area contributed by atoms with Crippen molar-refractivity contribution in [2.24, 2.45) is 5.92 Å². The van der Waals surface area contributed by atoms with Crippen LogP contribution in [0.5, 0.6) is 0 Å². The minimum absolute atomic E-state index is 0.289. The lowest BCUT2D eigenvalue weighted by atomic mass is 10.1. The molecule has 0 aliphatic heterocycles. The maximum atomic E-state index is 10.9. The Kier molecular flexibility index (Phi) is 3.68. The first-order chi connectivity index (χ1) is 10.1. The van der Waals surface area contributed by atoms with E-state index in [1.54, 1.807) is 11.6 Å². The molecule has 0 fully saturated rings. The number of aryl methyl sites for hydroxylation is 1. The van der Waals surface area contributed by atoms with E-state index in [-0.39, 0.29) is 11.8 Å². The van der Waals surface area contributed by atoms with Crippen LogP contribution in [0.1, 0.15) is 36.2 Å². The minimum Gasteiger partial charge on any atom is -0.481 e. The van der Waals surface area contributed by atoms with Gasteiger partial charge in [-0.15, -0.1) is 5.10 Å². The molecule has 1 N–H and O–H groups in total. The van der Waals surface area contributed by atoms with E-state index in [1.165, 1.54) is 11.1 Å². The van der Waals surface area contributed by atoms with Crippen LogP contribution in [0, 0.1) is 5.92 Å². The normalized spacial score (nSPS) is 15.9. The molecule has 1 aliphatic rings. The molecule has 1 heterocycles. The van der Waals surface area contributed by atoms with E-state index in [1.807, 2.05) is 0 Å². The Morgan fingerprint density at radius 3 is 2.67 bits per heavy atom. The van der Waals surface area contributed by atoms with Gasteiger partial charge in [-0.1, -0.05) is 31.2 Å². The topological polar surface area (TPSA) is 80.9 Å². The highest BCUT2D eigenvalue weighted by Gasteiger charge is 2.27. The van der Waals surface area contributed by atoms with Crippen molar-refractivity contribution in [3.8, 4) is 0 Å². The quantitative estimate of drug-likeness (QED) is 0.904. The first-order valence-electron chi connectivity index (χ1n) is 7.21. The molecule has 1 atom stereocenters. The van der Waals surface area contributed by atoms with E-state index in [0.29, 0.717) is 13.0 Å². The largest absolute Gasteiger partial charge is 0.481 e. The zero-order chi connectivity index (χ0) is 14.8. The summed E-state index contributed by atoms with van der Waals surface area (Å²) < 4.78 is 1.76. The summed E-state index contributed by atoms with van der Waals surface area (Å²) in [5.74, 6) is -0.0120. The molecule has 0 saturated carbocycles. The summed E-state index contributed by atoms with van der Waals surface area (Å²) in [6, 6.07) is 8.41. The fraction of sp³-hybridized carbons (Fsp3) is 0.467. The van der Waals surface area contributed by atoms with E-state index in [9.17, 15) is 4.79 Å². The third kappa shape index (κ3) is 2.79. The van der Waals surface area contributed by atoms with Gasteiger partial charge >= 0.3 is 5.97 Å². The van der Waals surface area contributed by atoms with Gasteiger partial charge in [0.2, 0.25) is 0 Å². The molecule has 6 nitrogen and oxygen atoms in total. The maximum Gasteiger partial charge on any atom is 0.306 e. The molecule has 0 amide bonds. The summed E-state index contributed by atoms with van der Waals surface area (Å²) in [5.41, 5.74) is 2.71. The van der Waals surface area contributed by atoms with Gasteiger partial charge in [0.1, 0.15) is 0 Å². The zero-order valence-corrected chi connectivity index (χ0v) is 11.9. The molecule has 1 aliphatic carbocycles. The van der Waals surface area contributed by atoms with E-state index in [0.717, 1.165) is 18.7 Å². The van der Waals surface area contributed by atoms with Gasteiger partial charge in [-0.05, 0) is 40.8 Å². The lowest BCUT2D eigenvalue weighted by Gasteiger charge is -2.11. The number of rotatable bonds is 5. The highest BCUT2D eigenvalue weighted by Crippen LogP contribution is 2.32. The molecule has 21 heavy (non-hydrogen) atoms. The van der Waals surface area contributed by atoms with Crippen molar-refractivity contribution in [1.29, 1.82) is 0 Å². The van der Waals surface area contributed by atoms with Crippen LogP contribution >= 0.6 is 0 Å². The van der Waals surface area contributed by atoms with Gasteiger partial charge in [0.15, 0.2) is 5.82 Å². The molecule has 0 spiro atoms. The number of carbonyl (C=O) groups is 1. The van der Waals surface area contributed by atoms with Crippen molar-refractivity contribution in [1.82, 2.24) is 20.2 Å². The second-order valence-electron chi connectivity index (χ2n) is 5.66. The van der Waals surface area contributed by atoms with E-state index < -0.39 is 5.97 Å². The molecule has 1 unspecified atom stereocenters. The number of tetrazole rings is 1. The Labute approximate surface area is 122 Å². The fourth-order valence-corrected chi connectivity index (χ4v) is 2.84. The van der Waals surface area contributed by atoms with Crippen LogP contribution in [0.2, 0.25) is 0 Å². The summed E-state index contributed by atoms with van der Waals surface area (Å²) in [6.45, 7) is 2.25. The average Bonchev–Trinajstić information content (AvgIpc) is 3.10. The molecule has 2 aromatic rings. The fourth-order valence-electron chi connectivity index (χ4n) is 2.84. The van der Waals surface area contributed by atoms with Gasteiger partial charge in [0.25, 0.3) is 0 Å². The number of fused-ring (bicyclic) bond motifs is 1. The molecular formula is C15H18N4O2. The number of carboxylic acid groups (broad SMARTS) is 1. The van der Waals surface area contributed by atoms with Gasteiger partial charge in [-0.2, -0.15) is 0 Å². The predicted octanol–water partition coefficient (Wildman–Crippen LogP) is 1.67. The number of benzene rings is 1. The van der Waals surface area contributed by atoms with Crippen molar-refractivity contribution in [2.75, 3.05) is 0 Å². The summed E-state index contributed by atoms with van der Waals surface area (Å²) in [7, 11) is 0. The van der Waals surface area contributed by atoms with E-state index in [2.05, 4.69) is 39.8 Å². The third-order valence-electron chi connectivity index (χ3n) is 4.17. The first-order valence-corrected chi connectivity index (χ1v) is 7.21. The minimum atomic E-state index is -0.780. The Hall–Kier alpha value is -2.24. The number of hydrogen-bond donors (Lipinski definition) is 1. The summed E-state index contributed by atoms with van der Waals surface area (Å²) in [5, 5.41) is 20.9. The van der Waals surface area contributed by atoms with Crippen LogP contribution in [0.25, 0.3) is 0 Å². The molecule has 6 heteroatoms. The van der Waals surface area contributed by atoms with Crippen LogP contribution in [0.3, 0.4) is 0 Å². The Balaban J connectivity index is 1.71. The van der Waals surface area contributed by atoms with Crippen molar-refractivity contribution in [3.63, 3.8) is 0 Å². The SMILES string of the molecule is CC(CCn1nnnc1C1Cc2ccccc2C1)C(=O)O.